The van der Waals surface area contributed by atoms with Crippen molar-refractivity contribution in [1.29, 1.82) is 0 Å². The van der Waals surface area contributed by atoms with Crippen molar-refractivity contribution in [2.24, 2.45) is 5.73 Å². The predicted molar refractivity (Wildman–Crippen MR) is 86.4 cm³/mol. The van der Waals surface area contributed by atoms with E-state index in [9.17, 15) is 0 Å². The van der Waals surface area contributed by atoms with Gasteiger partial charge in [-0.1, -0.05) is 57.3 Å². The Morgan fingerprint density at radius 1 is 1.10 bits per heavy atom. The molecule has 0 amide bonds. The van der Waals surface area contributed by atoms with Crippen molar-refractivity contribution in [3.05, 3.63) is 68.3 Å². The summed E-state index contributed by atoms with van der Waals surface area (Å²) in [7, 11) is 0. The van der Waals surface area contributed by atoms with Gasteiger partial charge in [0.25, 0.3) is 0 Å². The van der Waals surface area contributed by atoms with Crippen molar-refractivity contribution in [3.8, 4) is 0 Å². The minimum Gasteiger partial charge on any atom is -0.457 e. The Hall–Kier alpha value is -1.000. The Morgan fingerprint density at radius 2 is 1.90 bits per heavy atom. The van der Waals surface area contributed by atoms with Crippen LogP contribution in [0.3, 0.4) is 0 Å². The SMILES string of the molecule is NC(c1cc2cccc(Cl)c2o1)c1ccc(Cl)cc1Br. The van der Waals surface area contributed by atoms with E-state index in [0.29, 0.717) is 21.4 Å². The van der Waals surface area contributed by atoms with E-state index in [4.69, 9.17) is 33.4 Å². The molecule has 0 aliphatic rings. The Bertz CT molecular complexity index is 785. The van der Waals surface area contributed by atoms with Crippen LogP contribution in [0.5, 0.6) is 0 Å². The van der Waals surface area contributed by atoms with Crippen molar-refractivity contribution in [2.75, 3.05) is 0 Å². The third-order valence-electron chi connectivity index (χ3n) is 3.12. The van der Waals surface area contributed by atoms with Crippen molar-refractivity contribution < 1.29 is 4.42 Å². The van der Waals surface area contributed by atoms with Crippen molar-refractivity contribution in [2.45, 2.75) is 6.04 Å². The van der Waals surface area contributed by atoms with Gasteiger partial charge in [0.2, 0.25) is 0 Å². The molecule has 2 N–H and O–H groups in total. The normalized spacial score (nSPS) is 12.8. The van der Waals surface area contributed by atoms with Crippen molar-refractivity contribution in [3.63, 3.8) is 0 Å². The highest BCUT2D eigenvalue weighted by Crippen LogP contribution is 2.34. The van der Waals surface area contributed by atoms with E-state index in [1.165, 1.54) is 0 Å². The zero-order chi connectivity index (χ0) is 14.3. The lowest BCUT2D eigenvalue weighted by molar-refractivity contribution is 0.524. The largest absolute Gasteiger partial charge is 0.457 e. The molecule has 0 fully saturated rings. The third-order valence-corrected chi connectivity index (χ3v) is 4.34. The molecule has 1 heterocycles. The van der Waals surface area contributed by atoms with Crippen LogP contribution in [0.15, 0.2) is 51.4 Å². The number of hydrogen-bond donors (Lipinski definition) is 1. The lowest BCUT2D eigenvalue weighted by Crippen LogP contribution is -2.11. The summed E-state index contributed by atoms with van der Waals surface area (Å²) < 4.78 is 6.64. The van der Waals surface area contributed by atoms with Gasteiger partial charge in [-0.05, 0) is 29.8 Å². The van der Waals surface area contributed by atoms with E-state index in [1.807, 2.05) is 30.3 Å². The molecule has 0 bridgehead atoms. The van der Waals surface area contributed by atoms with Gasteiger partial charge in [0.05, 0.1) is 11.1 Å². The highest BCUT2D eigenvalue weighted by Gasteiger charge is 2.17. The zero-order valence-corrected chi connectivity index (χ0v) is 13.3. The molecule has 102 valence electrons. The van der Waals surface area contributed by atoms with Crippen LogP contribution in [0.1, 0.15) is 17.4 Å². The fraction of sp³-hybridized carbons (Fsp3) is 0.0667. The number of furan rings is 1. The first-order valence-corrected chi connectivity index (χ1v) is 7.49. The smallest absolute Gasteiger partial charge is 0.152 e. The molecule has 3 rings (SSSR count). The molecule has 0 aliphatic heterocycles. The molecular formula is C15H10BrCl2NO. The van der Waals surface area contributed by atoms with Gasteiger partial charge in [0.1, 0.15) is 5.76 Å². The van der Waals surface area contributed by atoms with E-state index >= 15 is 0 Å². The summed E-state index contributed by atoms with van der Waals surface area (Å²) in [6, 6.07) is 12.6. The molecule has 20 heavy (non-hydrogen) atoms. The number of para-hydroxylation sites is 1. The molecule has 0 saturated heterocycles. The third kappa shape index (κ3) is 2.47. The van der Waals surface area contributed by atoms with Gasteiger partial charge in [-0.3, -0.25) is 0 Å². The fourth-order valence-electron chi connectivity index (χ4n) is 2.11. The van der Waals surface area contributed by atoms with E-state index in [1.54, 1.807) is 12.1 Å². The number of benzene rings is 2. The maximum Gasteiger partial charge on any atom is 0.152 e. The Balaban J connectivity index is 2.08. The van der Waals surface area contributed by atoms with Gasteiger partial charge in [-0.25, -0.2) is 0 Å². The second-order valence-electron chi connectivity index (χ2n) is 4.45. The lowest BCUT2D eigenvalue weighted by Gasteiger charge is -2.11. The molecule has 2 aromatic carbocycles. The molecular weight excluding hydrogens is 361 g/mol. The molecule has 0 saturated carbocycles. The quantitative estimate of drug-likeness (QED) is 0.642. The molecule has 0 aliphatic carbocycles. The molecule has 1 aromatic heterocycles. The van der Waals surface area contributed by atoms with Gasteiger partial charge in [0, 0.05) is 14.9 Å². The van der Waals surface area contributed by atoms with Crippen LogP contribution < -0.4 is 5.73 Å². The summed E-state index contributed by atoms with van der Waals surface area (Å²) in [5, 5.41) is 2.17. The monoisotopic (exact) mass is 369 g/mol. The first-order valence-electron chi connectivity index (χ1n) is 5.95. The Kier molecular flexibility index (Phi) is 3.78. The average Bonchev–Trinajstić information content (AvgIpc) is 2.83. The topological polar surface area (TPSA) is 39.2 Å². The predicted octanol–water partition coefficient (Wildman–Crippen LogP) is 5.55. The van der Waals surface area contributed by atoms with Gasteiger partial charge in [-0.2, -0.15) is 0 Å². The van der Waals surface area contributed by atoms with E-state index in [2.05, 4.69) is 15.9 Å². The van der Waals surface area contributed by atoms with E-state index < -0.39 is 0 Å². The number of hydrogen-bond acceptors (Lipinski definition) is 2. The number of fused-ring (bicyclic) bond motifs is 1. The second kappa shape index (κ2) is 5.41. The van der Waals surface area contributed by atoms with Crippen LogP contribution in [0.25, 0.3) is 11.0 Å². The average molecular weight is 371 g/mol. The Morgan fingerprint density at radius 3 is 2.60 bits per heavy atom. The van der Waals surface area contributed by atoms with Crippen LogP contribution in [0.4, 0.5) is 0 Å². The summed E-state index contributed by atoms with van der Waals surface area (Å²) in [6.45, 7) is 0. The highest BCUT2D eigenvalue weighted by atomic mass is 79.9. The van der Waals surface area contributed by atoms with Gasteiger partial charge < -0.3 is 10.2 Å². The minimum atomic E-state index is -0.384. The maximum absolute atomic E-state index is 6.27. The number of rotatable bonds is 2. The van der Waals surface area contributed by atoms with Crippen LogP contribution in [0.2, 0.25) is 10.0 Å². The first-order chi connectivity index (χ1) is 9.56. The molecule has 5 heteroatoms. The second-order valence-corrected chi connectivity index (χ2v) is 6.15. The Labute approximate surface area is 134 Å². The molecule has 2 nitrogen and oxygen atoms in total. The highest BCUT2D eigenvalue weighted by molar-refractivity contribution is 9.10. The van der Waals surface area contributed by atoms with Crippen LogP contribution in [-0.4, -0.2) is 0 Å². The first kappa shape index (κ1) is 14.0. The van der Waals surface area contributed by atoms with Crippen LogP contribution in [-0.2, 0) is 0 Å². The minimum absolute atomic E-state index is 0.384. The molecule has 3 aromatic rings. The molecule has 1 unspecified atom stereocenters. The lowest BCUT2D eigenvalue weighted by atomic mass is 10.1. The van der Waals surface area contributed by atoms with Gasteiger partial charge >= 0.3 is 0 Å². The van der Waals surface area contributed by atoms with Gasteiger partial charge in [0.15, 0.2) is 5.58 Å². The number of nitrogens with two attached hydrogens (primary N) is 1. The van der Waals surface area contributed by atoms with Crippen molar-refractivity contribution in [1.82, 2.24) is 0 Å². The summed E-state index contributed by atoms with van der Waals surface area (Å²) >= 11 is 15.5. The number of halogens is 3. The van der Waals surface area contributed by atoms with Gasteiger partial charge in [-0.15, -0.1) is 0 Å². The fourth-order valence-corrected chi connectivity index (χ4v) is 3.26. The molecule has 0 spiro atoms. The van der Waals surface area contributed by atoms with Crippen LogP contribution >= 0.6 is 39.1 Å². The zero-order valence-electron chi connectivity index (χ0n) is 10.2. The summed E-state index contributed by atoms with van der Waals surface area (Å²) in [4.78, 5) is 0. The summed E-state index contributed by atoms with van der Waals surface area (Å²) in [6.07, 6.45) is 0. The summed E-state index contributed by atoms with van der Waals surface area (Å²) in [5.41, 5.74) is 7.84. The maximum atomic E-state index is 6.27. The molecule has 1 atom stereocenters. The van der Waals surface area contributed by atoms with Crippen LogP contribution in [0, 0.1) is 0 Å². The standard InChI is InChI=1S/C15H10BrCl2NO/c16-11-7-9(17)4-5-10(11)14(19)13-6-8-2-1-3-12(18)15(8)20-13/h1-7,14H,19H2. The van der Waals surface area contributed by atoms with Crippen molar-refractivity contribution >= 4 is 50.1 Å². The summed E-state index contributed by atoms with van der Waals surface area (Å²) in [5.74, 6) is 0.663. The molecule has 0 radical (unpaired) electrons. The van der Waals surface area contributed by atoms with E-state index in [0.717, 1.165) is 15.4 Å². The van der Waals surface area contributed by atoms with E-state index in [-0.39, 0.29) is 6.04 Å².